The van der Waals surface area contributed by atoms with Gasteiger partial charge in [0.15, 0.2) is 0 Å². The predicted octanol–water partition coefficient (Wildman–Crippen LogP) is 0.883. The number of methoxy groups -OCH3 is 1. The molecule has 1 aromatic rings. The number of nitrogens with one attached hydrogen (secondary N) is 1. The fourth-order valence-electron chi connectivity index (χ4n) is 2.04. The number of hydrogen-bond donors (Lipinski definition) is 1. The zero-order valence-electron chi connectivity index (χ0n) is 12.9. The van der Waals surface area contributed by atoms with Crippen LogP contribution in [0, 0.1) is 0 Å². The van der Waals surface area contributed by atoms with Crippen molar-refractivity contribution in [3.63, 3.8) is 0 Å². The smallest absolute Gasteiger partial charge is 0.244 e. The molecule has 1 N–H and O–H groups in total. The van der Waals surface area contributed by atoms with E-state index < -0.39 is 10.0 Å². The molecule has 0 saturated carbocycles. The first-order valence-electron chi connectivity index (χ1n) is 6.69. The Balaban J connectivity index is 3.09. The Bertz CT molecular complexity index is 525. The van der Waals surface area contributed by atoms with Gasteiger partial charge >= 0.3 is 0 Å². The number of likely N-dealkylation sites (N-methyl/N-ethyl adjacent to an activating group) is 1. The maximum Gasteiger partial charge on any atom is 0.244 e. The molecule has 1 atom stereocenters. The summed E-state index contributed by atoms with van der Waals surface area (Å²) in [5.74, 6) is 0. The molecule has 6 nitrogen and oxygen atoms in total. The number of nitrogens with zero attached hydrogens (tertiary/aromatic N) is 2. The van der Waals surface area contributed by atoms with Gasteiger partial charge in [-0.25, -0.2) is 8.42 Å². The molecule has 116 valence electrons. The molecule has 0 bridgehead atoms. The van der Waals surface area contributed by atoms with Crippen molar-refractivity contribution in [2.45, 2.75) is 37.9 Å². The maximum absolute atomic E-state index is 12.6. The molecule has 0 radical (unpaired) electrons. The van der Waals surface area contributed by atoms with Crippen LogP contribution in [-0.4, -0.2) is 51.1 Å². The molecule has 1 heterocycles. The Kier molecular flexibility index (Phi) is 6.19. The Morgan fingerprint density at radius 2 is 2.15 bits per heavy atom. The summed E-state index contributed by atoms with van der Waals surface area (Å²) in [6.07, 6.45) is 1.69. The lowest BCUT2D eigenvalue weighted by molar-refractivity contribution is 0.149. The van der Waals surface area contributed by atoms with Crippen molar-refractivity contribution >= 4 is 10.0 Å². The number of rotatable bonds is 8. The lowest BCUT2D eigenvalue weighted by Crippen LogP contribution is -2.37. The molecule has 1 rings (SSSR count). The lowest BCUT2D eigenvalue weighted by Gasteiger charge is -2.23. The second kappa shape index (κ2) is 7.21. The fourth-order valence-corrected chi connectivity index (χ4v) is 3.45. The summed E-state index contributed by atoms with van der Waals surface area (Å²) in [4.78, 5) is 0.329. The Morgan fingerprint density at radius 1 is 1.50 bits per heavy atom. The summed E-state index contributed by atoms with van der Waals surface area (Å²) < 4.78 is 33.5. The molecular weight excluding hydrogens is 278 g/mol. The second-order valence-corrected chi connectivity index (χ2v) is 6.81. The molecule has 0 aliphatic heterocycles. The van der Waals surface area contributed by atoms with Gasteiger partial charge in [-0.3, -0.25) is 0 Å². The summed E-state index contributed by atoms with van der Waals surface area (Å²) in [5, 5.41) is 3.05. The van der Waals surface area contributed by atoms with E-state index in [2.05, 4.69) is 5.32 Å². The standard InChI is InChI=1S/C13H25N3O3S/c1-6-16-9-13(7-12(16)8-14-3)20(17,18)15(4)11(2)10-19-5/h7,9,11,14H,6,8,10H2,1-5H3. The van der Waals surface area contributed by atoms with Crippen LogP contribution in [0.5, 0.6) is 0 Å². The van der Waals surface area contributed by atoms with Crippen molar-refractivity contribution in [2.24, 2.45) is 0 Å². The SMILES string of the molecule is CCn1cc(S(=O)(=O)N(C)C(C)COC)cc1CNC. The van der Waals surface area contributed by atoms with E-state index in [1.54, 1.807) is 26.4 Å². The second-order valence-electron chi connectivity index (χ2n) is 4.81. The van der Waals surface area contributed by atoms with E-state index in [4.69, 9.17) is 4.74 Å². The van der Waals surface area contributed by atoms with Gasteiger partial charge in [-0.15, -0.1) is 0 Å². The zero-order chi connectivity index (χ0) is 15.3. The van der Waals surface area contributed by atoms with Crippen molar-refractivity contribution in [3.05, 3.63) is 18.0 Å². The van der Waals surface area contributed by atoms with Crippen LogP contribution < -0.4 is 5.32 Å². The highest BCUT2D eigenvalue weighted by molar-refractivity contribution is 7.89. The average Bonchev–Trinajstić information content (AvgIpc) is 2.82. The predicted molar refractivity (Wildman–Crippen MR) is 79.2 cm³/mol. The first-order valence-corrected chi connectivity index (χ1v) is 8.13. The van der Waals surface area contributed by atoms with Crippen LogP contribution in [-0.2, 0) is 27.8 Å². The van der Waals surface area contributed by atoms with Crippen LogP contribution >= 0.6 is 0 Å². The topological polar surface area (TPSA) is 63.6 Å². The molecule has 0 aliphatic carbocycles. The van der Waals surface area contributed by atoms with Gasteiger partial charge in [0, 0.05) is 45.2 Å². The molecule has 0 fully saturated rings. The third kappa shape index (κ3) is 3.60. The number of sulfonamides is 1. The van der Waals surface area contributed by atoms with Gasteiger partial charge in [0.25, 0.3) is 0 Å². The number of ether oxygens (including phenoxy) is 1. The van der Waals surface area contributed by atoms with Gasteiger partial charge < -0.3 is 14.6 Å². The van der Waals surface area contributed by atoms with Gasteiger partial charge in [-0.2, -0.15) is 4.31 Å². The first-order chi connectivity index (χ1) is 9.38. The number of aryl methyl sites for hydroxylation is 1. The third-order valence-electron chi connectivity index (χ3n) is 3.37. The molecule has 20 heavy (non-hydrogen) atoms. The zero-order valence-corrected chi connectivity index (χ0v) is 13.7. The Hall–Kier alpha value is -0.890. The number of hydrogen-bond acceptors (Lipinski definition) is 4. The lowest BCUT2D eigenvalue weighted by atomic mass is 10.4. The highest BCUT2D eigenvalue weighted by Gasteiger charge is 2.27. The summed E-state index contributed by atoms with van der Waals surface area (Å²) in [6, 6.07) is 1.52. The van der Waals surface area contributed by atoms with Crippen molar-refractivity contribution < 1.29 is 13.2 Å². The monoisotopic (exact) mass is 303 g/mol. The summed E-state index contributed by atoms with van der Waals surface area (Å²) in [5.41, 5.74) is 0.960. The van der Waals surface area contributed by atoms with E-state index in [9.17, 15) is 8.42 Å². The molecule has 7 heteroatoms. The highest BCUT2D eigenvalue weighted by Crippen LogP contribution is 2.20. The molecule has 1 aromatic heterocycles. The Morgan fingerprint density at radius 3 is 2.65 bits per heavy atom. The molecule has 0 aliphatic rings. The van der Waals surface area contributed by atoms with Crippen LogP contribution in [0.15, 0.2) is 17.2 Å². The molecule has 0 amide bonds. The van der Waals surface area contributed by atoms with E-state index in [1.165, 1.54) is 4.31 Å². The van der Waals surface area contributed by atoms with E-state index in [-0.39, 0.29) is 6.04 Å². The molecule has 1 unspecified atom stereocenters. The van der Waals surface area contributed by atoms with Gasteiger partial charge in [-0.1, -0.05) is 0 Å². The number of aromatic nitrogens is 1. The van der Waals surface area contributed by atoms with Gasteiger partial charge in [0.1, 0.15) is 4.90 Å². The minimum absolute atomic E-state index is 0.206. The van der Waals surface area contributed by atoms with Crippen LogP contribution in [0.25, 0.3) is 0 Å². The minimum atomic E-state index is -3.49. The largest absolute Gasteiger partial charge is 0.383 e. The van der Waals surface area contributed by atoms with Gasteiger partial charge in [0.05, 0.1) is 6.61 Å². The Labute approximate surface area is 121 Å². The quantitative estimate of drug-likeness (QED) is 0.774. The van der Waals surface area contributed by atoms with Crippen molar-refractivity contribution in [1.29, 1.82) is 0 Å². The summed E-state index contributed by atoms with van der Waals surface area (Å²) in [6.45, 7) is 5.57. The van der Waals surface area contributed by atoms with E-state index in [0.717, 1.165) is 12.2 Å². The highest BCUT2D eigenvalue weighted by atomic mass is 32.2. The van der Waals surface area contributed by atoms with Gasteiger partial charge in [-0.05, 0) is 27.0 Å². The normalized spacial score (nSPS) is 13.9. The first kappa shape index (κ1) is 17.2. The van der Waals surface area contributed by atoms with Crippen molar-refractivity contribution in [2.75, 3.05) is 27.8 Å². The molecule has 0 aromatic carbocycles. The van der Waals surface area contributed by atoms with Crippen molar-refractivity contribution in [3.8, 4) is 0 Å². The molecule has 0 spiro atoms. The van der Waals surface area contributed by atoms with E-state index in [0.29, 0.717) is 18.0 Å². The van der Waals surface area contributed by atoms with E-state index in [1.807, 2.05) is 25.5 Å². The summed E-state index contributed by atoms with van der Waals surface area (Å²) in [7, 11) is 1.50. The van der Waals surface area contributed by atoms with Crippen LogP contribution in [0.4, 0.5) is 0 Å². The molecule has 0 saturated heterocycles. The third-order valence-corrected chi connectivity index (χ3v) is 5.30. The minimum Gasteiger partial charge on any atom is -0.383 e. The fraction of sp³-hybridized carbons (Fsp3) is 0.692. The van der Waals surface area contributed by atoms with Crippen LogP contribution in [0.3, 0.4) is 0 Å². The van der Waals surface area contributed by atoms with E-state index >= 15 is 0 Å². The maximum atomic E-state index is 12.6. The van der Waals surface area contributed by atoms with Crippen LogP contribution in [0.1, 0.15) is 19.5 Å². The van der Waals surface area contributed by atoms with Gasteiger partial charge in [0.2, 0.25) is 10.0 Å². The average molecular weight is 303 g/mol. The molecular formula is C13H25N3O3S. The van der Waals surface area contributed by atoms with Crippen molar-refractivity contribution in [1.82, 2.24) is 14.2 Å². The summed E-state index contributed by atoms with van der Waals surface area (Å²) >= 11 is 0. The van der Waals surface area contributed by atoms with Crippen LogP contribution in [0.2, 0.25) is 0 Å².